The lowest BCUT2D eigenvalue weighted by Gasteiger charge is -2.36. The van der Waals surface area contributed by atoms with Gasteiger partial charge in [0.05, 0.1) is 5.92 Å². The molecule has 19 heavy (non-hydrogen) atoms. The number of likely N-dealkylation sites (tertiary alicyclic amines) is 1. The van der Waals surface area contributed by atoms with Crippen molar-refractivity contribution in [3.05, 3.63) is 34.3 Å². The minimum atomic E-state index is -0.658. The molecule has 2 atom stereocenters. The number of carbonyl (C=O) groups is 1. The SMILES string of the molecule is Cc1cc(Cl)ccc1CN1CCC(C(=O)O)CC1C. The highest BCUT2D eigenvalue weighted by atomic mass is 35.5. The molecule has 0 aliphatic carbocycles. The minimum absolute atomic E-state index is 0.183. The number of hydrogen-bond donors (Lipinski definition) is 1. The van der Waals surface area contributed by atoms with E-state index in [-0.39, 0.29) is 5.92 Å². The Morgan fingerprint density at radius 1 is 1.53 bits per heavy atom. The molecule has 0 saturated carbocycles. The van der Waals surface area contributed by atoms with Crippen LogP contribution in [0.2, 0.25) is 5.02 Å². The van der Waals surface area contributed by atoms with Crippen LogP contribution in [0.25, 0.3) is 0 Å². The van der Waals surface area contributed by atoms with Gasteiger partial charge in [-0.3, -0.25) is 9.69 Å². The largest absolute Gasteiger partial charge is 0.481 e. The smallest absolute Gasteiger partial charge is 0.306 e. The topological polar surface area (TPSA) is 40.5 Å². The van der Waals surface area contributed by atoms with Gasteiger partial charge in [-0.15, -0.1) is 0 Å². The first kappa shape index (κ1) is 14.4. The van der Waals surface area contributed by atoms with Crippen molar-refractivity contribution in [2.45, 2.75) is 39.3 Å². The summed E-state index contributed by atoms with van der Waals surface area (Å²) in [6.07, 6.45) is 1.48. The van der Waals surface area contributed by atoms with Crippen molar-refractivity contribution in [2.24, 2.45) is 5.92 Å². The second kappa shape index (κ2) is 5.93. The molecule has 0 amide bonds. The van der Waals surface area contributed by atoms with Crippen LogP contribution in [-0.2, 0) is 11.3 Å². The normalized spacial score (nSPS) is 24.4. The third-order valence-corrected chi connectivity index (χ3v) is 4.28. The van der Waals surface area contributed by atoms with Crippen molar-refractivity contribution in [3.8, 4) is 0 Å². The fourth-order valence-electron chi connectivity index (χ4n) is 2.74. The number of hydrogen-bond acceptors (Lipinski definition) is 2. The van der Waals surface area contributed by atoms with Gasteiger partial charge in [0.2, 0.25) is 0 Å². The molecule has 1 saturated heterocycles. The second-order valence-electron chi connectivity index (χ2n) is 5.45. The first-order valence-electron chi connectivity index (χ1n) is 6.69. The van der Waals surface area contributed by atoms with E-state index in [1.165, 1.54) is 11.1 Å². The zero-order valence-corrected chi connectivity index (χ0v) is 12.2. The monoisotopic (exact) mass is 281 g/mol. The molecule has 1 aliphatic heterocycles. The Kier molecular flexibility index (Phi) is 4.48. The van der Waals surface area contributed by atoms with Gasteiger partial charge in [0, 0.05) is 17.6 Å². The summed E-state index contributed by atoms with van der Waals surface area (Å²) < 4.78 is 0. The van der Waals surface area contributed by atoms with E-state index >= 15 is 0 Å². The number of rotatable bonds is 3. The van der Waals surface area contributed by atoms with Crippen molar-refractivity contribution in [3.63, 3.8) is 0 Å². The number of carboxylic acid groups (broad SMARTS) is 1. The third-order valence-electron chi connectivity index (χ3n) is 4.04. The van der Waals surface area contributed by atoms with E-state index in [1.807, 2.05) is 12.1 Å². The van der Waals surface area contributed by atoms with E-state index in [0.717, 1.165) is 31.0 Å². The number of carboxylic acids is 1. The lowest BCUT2D eigenvalue weighted by Crippen LogP contribution is -2.42. The Morgan fingerprint density at radius 3 is 2.84 bits per heavy atom. The maximum Gasteiger partial charge on any atom is 0.306 e. The third kappa shape index (κ3) is 3.48. The van der Waals surface area contributed by atoms with Crippen LogP contribution in [0.3, 0.4) is 0 Å². The van der Waals surface area contributed by atoms with Crippen LogP contribution >= 0.6 is 11.6 Å². The number of aryl methyl sites for hydroxylation is 1. The van der Waals surface area contributed by atoms with E-state index in [4.69, 9.17) is 16.7 Å². The van der Waals surface area contributed by atoms with E-state index in [1.54, 1.807) is 0 Å². The van der Waals surface area contributed by atoms with Gasteiger partial charge in [-0.2, -0.15) is 0 Å². The van der Waals surface area contributed by atoms with Crippen LogP contribution in [0.5, 0.6) is 0 Å². The van der Waals surface area contributed by atoms with Gasteiger partial charge in [0.1, 0.15) is 0 Å². The summed E-state index contributed by atoms with van der Waals surface area (Å²) in [5, 5.41) is 9.84. The quantitative estimate of drug-likeness (QED) is 0.924. The number of nitrogens with zero attached hydrogens (tertiary/aromatic N) is 1. The number of aliphatic carboxylic acids is 1. The molecule has 1 aromatic rings. The molecule has 3 nitrogen and oxygen atoms in total. The van der Waals surface area contributed by atoms with E-state index in [0.29, 0.717) is 6.04 Å². The molecule has 1 aromatic carbocycles. The van der Waals surface area contributed by atoms with Gasteiger partial charge < -0.3 is 5.11 Å². The van der Waals surface area contributed by atoms with Crippen LogP contribution in [0.4, 0.5) is 0 Å². The molecular formula is C15H20ClNO2. The summed E-state index contributed by atoms with van der Waals surface area (Å²) in [5.41, 5.74) is 2.46. The molecule has 0 bridgehead atoms. The average Bonchev–Trinajstić information content (AvgIpc) is 2.34. The lowest BCUT2D eigenvalue weighted by atomic mass is 9.91. The molecule has 104 valence electrons. The maximum atomic E-state index is 11.0. The van der Waals surface area contributed by atoms with Crippen molar-refractivity contribution in [2.75, 3.05) is 6.54 Å². The Morgan fingerprint density at radius 2 is 2.26 bits per heavy atom. The average molecular weight is 282 g/mol. The summed E-state index contributed by atoms with van der Waals surface area (Å²) in [6.45, 7) is 5.90. The Balaban J connectivity index is 2.02. The van der Waals surface area contributed by atoms with Gasteiger partial charge in [-0.1, -0.05) is 17.7 Å². The van der Waals surface area contributed by atoms with E-state index < -0.39 is 5.97 Å². The summed E-state index contributed by atoms with van der Waals surface area (Å²) in [6, 6.07) is 6.27. The number of benzene rings is 1. The van der Waals surface area contributed by atoms with Gasteiger partial charge in [0.15, 0.2) is 0 Å². The molecular weight excluding hydrogens is 262 g/mol. The van der Waals surface area contributed by atoms with Crippen LogP contribution in [0.15, 0.2) is 18.2 Å². The molecule has 4 heteroatoms. The Hall–Kier alpha value is -1.06. The van der Waals surface area contributed by atoms with Gasteiger partial charge in [-0.05, 0) is 56.5 Å². The van der Waals surface area contributed by atoms with Crippen molar-refractivity contribution in [1.82, 2.24) is 4.90 Å². The Bertz CT molecular complexity index is 475. The maximum absolute atomic E-state index is 11.0. The zero-order chi connectivity index (χ0) is 14.0. The van der Waals surface area contributed by atoms with E-state index in [9.17, 15) is 4.79 Å². The predicted octanol–water partition coefficient (Wildman–Crippen LogP) is 3.33. The summed E-state index contributed by atoms with van der Waals surface area (Å²) in [4.78, 5) is 13.4. The Labute approximate surface area is 119 Å². The second-order valence-corrected chi connectivity index (χ2v) is 5.89. The molecule has 2 rings (SSSR count). The summed E-state index contributed by atoms with van der Waals surface area (Å²) in [5.74, 6) is -0.841. The van der Waals surface area contributed by atoms with Crippen LogP contribution in [0.1, 0.15) is 30.9 Å². The molecule has 1 aliphatic rings. The van der Waals surface area contributed by atoms with Crippen LogP contribution in [-0.4, -0.2) is 28.6 Å². The molecule has 0 aromatic heterocycles. The zero-order valence-electron chi connectivity index (χ0n) is 11.4. The van der Waals surface area contributed by atoms with Crippen molar-refractivity contribution >= 4 is 17.6 Å². The van der Waals surface area contributed by atoms with Crippen LogP contribution in [0, 0.1) is 12.8 Å². The highest BCUT2D eigenvalue weighted by Gasteiger charge is 2.29. The molecule has 0 radical (unpaired) electrons. The highest BCUT2D eigenvalue weighted by Crippen LogP contribution is 2.26. The lowest BCUT2D eigenvalue weighted by molar-refractivity contribution is -0.144. The van der Waals surface area contributed by atoms with Gasteiger partial charge >= 0.3 is 5.97 Å². The van der Waals surface area contributed by atoms with E-state index in [2.05, 4.69) is 24.8 Å². The van der Waals surface area contributed by atoms with Crippen molar-refractivity contribution in [1.29, 1.82) is 0 Å². The first-order chi connectivity index (χ1) is 8.97. The predicted molar refractivity (Wildman–Crippen MR) is 76.4 cm³/mol. The van der Waals surface area contributed by atoms with Gasteiger partial charge in [0.25, 0.3) is 0 Å². The number of piperidine rings is 1. The molecule has 1 N–H and O–H groups in total. The first-order valence-corrected chi connectivity index (χ1v) is 7.07. The highest BCUT2D eigenvalue weighted by molar-refractivity contribution is 6.30. The molecule has 0 spiro atoms. The summed E-state index contributed by atoms with van der Waals surface area (Å²) in [7, 11) is 0. The number of halogens is 1. The summed E-state index contributed by atoms with van der Waals surface area (Å²) >= 11 is 5.96. The molecule has 2 unspecified atom stereocenters. The standard InChI is InChI=1S/C15H20ClNO2/c1-10-7-14(16)4-3-13(10)9-17-6-5-12(15(18)19)8-11(17)2/h3-4,7,11-12H,5-6,8-9H2,1-2H3,(H,18,19). The van der Waals surface area contributed by atoms with Gasteiger partial charge in [-0.25, -0.2) is 0 Å². The van der Waals surface area contributed by atoms with Crippen molar-refractivity contribution < 1.29 is 9.90 Å². The fourth-order valence-corrected chi connectivity index (χ4v) is 2.96. The fraction of sp³-hybridized carbons (Fsp3) is 0.533. The molecule has 1 fully saturated rings. The molecule has 1 heterocycles. The van der Waals surface area contributed by atoms with Crippen LogP contribution < -0.4 is 0 Å². The minimum Gasteiger partial charge on any atom is -0.481 e.